The molecule has 0 aliphatic heterocycles. The summed E-state index contributed by atoms with van der Waals surface area (Å²) >= 11 is 7.50. The number of nitrogens with two attached hydrogens (primary N) is 1. The normalized spacial score (nSPS) is 11.9. The predicted molar refractivity (Wildman–Crippen MR) is 103 cm³/mol. The number of hydrogen-bond donors (Lipinski definition) is 2. The van der Waals surface area contributed by atoms with Gasteiger partial charge in [-0.1, -0.05) is 35.9 Å². The molecule has 1 atom stereocenters. The third kappa shape index (κ3) is 5.04. The highest BCUT2D eigenvalue weighted by Crippen LogP contribution is 2.29. The second kappa shape index (κ2) is 8.13. The maximum atomic E-state index is 5.84. The van der Waals surface area contributed by atoms with Crippen molar-refractivity contribution in [2.75, 3.05) is 11.1 Å². The van der Waals surface area contributed by atoms with Crippen LogP contribution in [0, 0.1) is 0 Å². The summed E-state index contributed by atoms with van der Waals surface area (Å²) in [6.07, 6.45) is 1.77. The Kier molecular flexibility index (Phi) is 5.67. The number of rotatable bonds is 6. The van der Waals surface area contributed by atoms with Crippen LogP contribution in [0.3, 0.4) is 0 Å². The molecule has 0 saturated heterocycles. The number of nitrogens with zero attached hydrogens (tertiary/aromatic N) is 4. The molecule has 0 bridgehead atoms. The summed E-state index contributed by atoms with van der Waals surface area (Å²) in [5.74, 6) is 2.05. The van der Waals surface area contributed by atoms with Crippen molar-refractivity contribution in [3.8, 4) is 0 Å². The zero-order valence-corrected chi connectivity index (χ0v) is 15.1. The number of halogens is 1. The Balaban J connectivity index is 1.69. The first kappa shape index (κ1) is 17.4. The van der Waals surface area contributed by atoms with Crippen LogP contribution in [0.4, 0.5) is 17.6 Å². The molecule has 128 valence electrons. The van der Waals surface area contributed by atoms with Gasteiger partial charge < -0.3 is 11.1 Å². The van der Waals surface area contributed by atoms with Gasteiger partial charge >= 0.3 is 0 Å². The Morgan fingerprint density at radius 1 is 1.12 bits per heavy atom. The lowest BCUT2D eigenvalue weighted by molar-refractivity contribution is 0.895. The van der Waals surface area contributed by atoms with E-state index in [1.165, 1.54) is 0 Å². The highest BCUT2D eigenvalue weighted by Gasteiger charge is 2.13. The lowest BCUT2D eigenvalue weighted by Gasteiger charge is -2.12. The van der Waals surface area contributed by atoms with Crippen molar-refractivity contribution in [2.45, 2.75) is 17.9 Å². The molecule has 3 N–H and O–H groups in total. The fourth-order valence-corrected chi connectivity index (χ4v) is 3.06. The molecule has 0 amide bonds. The first-order valence-corrected chi connectivity index (χ1v) is 9.08. The standard InChI is InChI=1S/C17H17ClN6S/c1-11(25-10-12-7-8-14(18)20-9-12)15-22-16(19)24-17(23-15)21-13-5-3-2-4-6-13/h2-9,11H,10H2,1H3,(H3,19,21,22,23,24)/t11-/m0/s1. The van der Waals surface area contributed by atoms with Gasteiger partial charge in [-0.25, -0.2) is 4.98 Å². The van der Waals surface area contributed by atoms with E-state index in [1.54, 1.807) is 24.0 Å². The van der Waals surface area contributed by atoms with Gasteiger partial charge in [0.25, 0.3) is 0 Å². The Bertz CT molecular complexity index is 828. The van der Waals surface area contributed by atoms with E-state index in [4.69, 9.17) is 17.3 Å². The van der Waals surface area contributed by atoms with Gasteiger partial charge in [0, 0.05) is 17.6 Å². The molecule has 8 heteroatoms. The minimum Gasteiger partial charge on any atom is -0.368 e. The first-order valence-electron chi connectivity index (χ1n) is 7.66. The number of hydrogen-bond acceptors (Lipinski definition) is 7. The molecule has 0 spiro atoms. The Morgan fingerprint density at radius 3 is 2.64 bits per heavy atom. The monoisotopic (exact) mass is 372 g/mol. The van der Waals surface area contributed by atoms with Crippen molar-refractivity contribution < 1.29 is 0 Å². The number of thioether (sulfide) groups is 1. The van der Waals surface area contributed by atoms with E-state index in [2.05, 4.69) is 25.3 Å². The average Bonchev–Trinajstić information content (AvgIpc) is 2.61. The summed E-state index contributed by atoms with van der Waals surface area (Å²) in [7, 11) is 0. The lowest BCUT2D eigenvalue weighted by atomic mass is 10.3. The first-order chi connectivity index (χ1) is 12.1. The molecule has 0 fully saturated rings. The zero-order chi connectivity index (χ0) is 17.6. The second-order valence-electron chi connectivity index (χ2n) is 5.31. The van der Waals surface area contributed by atoms with E-state index in [-0.39, 0.29) is 11.2 Å². The van der Waals surface area contributed by atoms with Crippen LogP contribution < -0.4 is 11.1 Å². The average molecular weight is 373 g/mol. The molecule has 25 heavy (non-hydrogen) atoms. The van der Waals surface area contributed by atoms with Crippen molar-refractivity contribution in [1.82, 2.24) is 19.9 Å². The van der Waals surface area contributed by atoms with Crippen molar-refractivity contribution in [1.29, 1.82) is 0 Å². The smallest absolute Gasteiger partial charge is 0.232 e. The number of benzene rings is 1. The van der Waals surface area contributed by atoms with E-state index >= 15 is 0 Å². The Labute approximate surface area is 155 Å². The molecule has 2 heterocycles. The number of nitrogens with one attached hydrogen (secondary N) is 1. The van der Waals surface area contributed by atoms with Gasteiger partial charge in [0.05, 0.1) is 5.25 Å². The molecule has 0 aliphatic rings. The molecular formula is C17H17ClN6S. The van der Waals surface area contributed by atoms with Gasteiger partial charge in [-0.05, 0) is 30.7 Å². The maximum Gasteiger partial charge on any atom is 0.232 e. The van der Waals surface area contributed by atoms with Gasteiger partial charge in [0.1, 0.15) is 11.0 Å². The topological polar surface area (TPSA) is 89.6 Å². The summed E-state index contributed by atoms with van der Waals surface area (Å²) in [5, 5.41) is 3.69. The molecule has 6 nitrogen and oxygen atoms in total. The van der Waals surface area contributed by atoms with Crippen LogP contribution in [0.1, 0.15) is 23.6 Å². The molecule has 0 aliphatic carbocycles. The number of pyridine rings is 1. The number of para-hydroxylation sites is 1. The Morgan fingerprint density at radius 2 is 1.92 bits per heavy atom. The van der Waals surface area contributed by atoms with Crippen LogP contribution in [-0.2, 0) is 5.75 Å². The van der Waals surface area contributed by atoms with Crippen molar-refractivity contribution >= 4 is 40.9 Å². The van der Waals surface area contributed by atoms with Crippen molar-refractivity contribution in [2.24, 2.45) is 0 Å². The van der Waals surface area contributed by atoms with Gasteiger partial charge in [0.15, 0.2) is 0 Å². The molecule has 3 rings (SSSR count). The van der Waals surface area contributed by atoms with E-state index < -0.39 is 0 Å². The van der Waals surface area contributed by atoms with E-state index in [0.29, 0.717) is 16.9 Å². The predicted octanol–water partition coefficient (Wildman–Crippen LogP) is 4.24. The molecule has 3 aromatic rings. The fourth-order valence-electron chi connectivity index (χ4n) is 2.09. The second-order valence-corrected chi connectivity index (χ2v) is 7.03. The summed E-state index contributed by atoms with van der Waals surface area (Å²) in [4.78, 5) is 17.0. The van der Waals surface area contributed by atoms with Crippen LogP contribution in [0.2, 0.25) is 5.15 Å². The summed E-state index contributed by atoms with van der Waals surface area (Å²) in [6.45, 7) is 2.04. The van der Waals surface area contributed by atoms with E-state index in [1.807, 2.05) is 43.3 Å². The highest BCUT2D eigenvalue weighted by molar-refractivity contribution is 7.98. The molecule has 2 aromatic heterocycles. The van der Waals surface area contributed by atoms with E-state index in [0.717, 1.165) is 17.0 Å². The zero-order valence-electron chi connectivity index (χ0n) is 13.6. The SMILES string of the molecule is C[C@H](SCc1ccc(Cl)nc1)c1nc(N)nc(Nc2ccccc2)n1. The number of anilines is 3. The summed E-state index contributed by atoms with van der Waals surface area (Å²) in [5.41, 5.74) is 7.82. The number of aromatic nitrogens is 4. The third-order valence-corrected chi connectivity index (χ3v) is 4.79. The Hall–Kier alpha value is -2.38. The van der Waals surface area contributed by atoms with Crippen LogP contribution in [0.5, 0.6) is 0 Å². The molecule has 0 unspecified atom stereocenters. The van der Waals surface area contributed by atoms with Crippen LogP contribution in [0.25, 0.3) is 0 Å². The minimum atomic E-state index is 0.0531. The van der Waals surface area contributed by atoms with Gasteiger partial charge in [-0.2, -0.15) is 15.0 Å². The maximum absolute atomic E-state index is 5.84. The number of nitrogen functional groups attached to an aromatic ring is 1. The minimum absolute atomic E-state index is 0.0531. The summed E-state index contributed by atoms with van der Waals surface area (Å²) < 4.78 is 0. The summed E-state index contributed by atoms with van der Waals surface area (Å²) in [6, 6.07) is 13.4. The lowest BCUT2D eigenvalue weighted by Crippen LogP contribution is -2.08. The largest absolute Gasteiger partial charge is 0.368 e. The van der Waals surface area contributed by atoms with Crippen LogP contribution in [-0.4, -0.2) is 19.9 Å². The van der Waals surface area contributed by atoms with Crippen molar-refractivity contribution in [3.63, 3.8) is 0 Å². The molecule has 0 saturated carbocycles. The van der Waals surface area contributed by atoms with Crippen molar-refractivity contribution in [3.05, 3.63) is 65.2 Å². The quantitative estimate of drug-likeness (QED) is 0.625. The van der Waals surface area contributed by atoms with E-state index in [9.17, 15) is 0 Å². The van der Waals surface area contributed by atoms with Gasteiger partial charge in [-0.15, -0.1) is 11.8 Å². The molecule has 1 aromatic carbocycles. The van der Waals surface area contributed by atoms with Gasteiger partial charge in [-0.3, -0.25) is 0 Å². The third-order valence-electron chi connectivity index (χ3n) is 3.35. The fraction of sp³-hybridized carbons (Fsp3) is 0.176. The molecule has 0 radical (unpaired) electrons. The highest BCUT2D eigenvalue weighted by atomic mass is 35.5. The van der Waals surface area contributed by atoms with Crippen LogP contribution >= 0.6 is 23.4 Å². The van der Waals surface area contributed by atoms with Gasteiger partial charge in [0.2, 0.25) is 11.9 Å². The molecular weight excluding hydrogens is 356 g/mol. The van der Waals surface area contributed by atoms with Crippen LogP contribution in [0.15, 0.2) is 48.7 Å².